The van der Waals surface area contributed by atoms with Crippen LogP contribution in [0.15, 0.2) is 59.5 Å². The molecule has 0 fully saturated rings. The Balaban J connectivity index is 1.60. The van der Waals surface area contributed by atoms with Crippen LogP contribution in [0.1, 0.15) is 6.42 Å². The topological polar surface area (TPSA) is 92.3 Å². The molecule has 0 radical (unpaired) electrons. The lowest BCUT2D eigenvalue weighted by Crippen LogP contribution is -2.28. The van der Waals surface area contributed by atoms with Gasteiger partial charge in [0.2, 0.25) is 11.8 Å². The average Bonchev–Trinajstić information content (AvgIpc) is 2.68. The predicted molar refractivity (Wildman–Crippen MR) is 108 cm³/mol. The predicted octanol–water partition coefficient (Wildman–Crippen LogP) is 2.48. The van der Waals surface area contributed by atoms with Gasteiger partial charge in [-0.05, 0) is 42.8 Å². The highest BCUT2D eigenvalue weighted by Gasteiger charge is 2.13. The van der Waals surface area contributed by atoms with E-state index in [1.54, 1.807) is 30.3 Å². The SMILES string of the molecule is O=C(CSCC(=O)Nc1ccc(F)cc1)NCCCS(=O)(=O)c1ccccc1. The smallest absolute Gasteiger partial charge is 0.234 e. The number of amides is 2. The van der Waals surface area contributed by atoms with Crippen molar-refractivity contribution in [2.45, 2.75) is 11.3 Å². The van der Waals surface area contributed by atoms with Gasteiger partial charge < -0.3 is 10.6 Å². The lowest BCUT2D eigenvalue weighted by Gasteiger charge is -2.07. The summed E-state index contributed by atoms with van der Waals surface area (Å²) in [6.45, 7) is 0.243. The van der Waals surface area contributed by atoms with Gasteiger partial charge in [-0.25, -0.2) is 12.8 Å². The van der Waals surface area contributed by atoms with E-state index in [0.717, 1.165) is 11.8 Å². The molecule has 9 heteroatoms. The molecule has 2 aromatic rings. The van der Waals surface area contributed by atoms with Crippen molar-refractivity contribution in [3.05, 3.63) is 60.4 Å². The third-order valence-electron chi connectivity index (χ3n) is 3.61. The summed E-state index contributed by atoms with van der Waals surface area (Å²) in [5.74, 6) is -0.837. The van der Waals surface area contributed by atoms with E-state index in [1.165, 1.54) is 24.3 Å². The second kappa shape index (κ2) is 10.8. The van der Waals surface area contributed by atoms with Crippen LogP contribution < -0.4 is 10.6 Å². The normalized spacial score (nSPS) is 11.0. The molecule has 0 aliphatic heterocycles. The highest BCUT2D eigenvalue weighted by atomic mass is 32.2. The van der Waals surface area contributed by atoms with Gasteiger partial charge in [0, 0.05) is 12.2 Å². The highest BCUT2D eigenvalue weighted by Crippen LogP contribution is 2.11. The van der Waals surface area contributed by atoms with Crippen LogP contribution >= 0.6 is 11.8 Å². The molecule has 2 rings (SSSR count). The number of thioether (sulfide) groups is 1. The van der Waals surface area contributed by atoms with Crippen LogP contribution in [-0.4, -0.2) is 44.0 Å². The maximum absolute atomic E-state index is 12.8. The van der Waals surface area contributed by atoms with Crippen molar-refractivity contribution < 1.29 is 22.4 Å². The van der Waals surface area contributed by atoms with Crippen LogP contribution in [0.2, 0.25) is 0 Å². The summed E-state index contributed by atoms with van der Waals surface area (Å²) in [5.41, 5.74) is 0.482. The number of hydrogen-bond acceptors (Lipinski definition) is 5. The molecule has 2 amide bonds. The number of benzene rings is 2. The number of hydrogen-bond donors (Lipinski definition) is 2. The first kappa shape index (κ1) is 21.9. The molecule has 0 bridgehead atoms. The maximum atomic E-state index is 12.8. The minimum absolute atomic E-state index is 0.0511. The van der Waals surface area contributed by atoms with E-state index in [1.807, 2.05) is 0 Å². The Morgan fingerprint density at radius 1 is 0.929 bits per heavy atom. The van der Waals surface area contributed by atoms with Crippen molar-refractivity contribution in [2.75, 3.05) is 29.1 Å². The Hall–Kier alpha value is -2.39. The summed E-state index contributed by atoms with van der Waals surface area (Å²) < 4.78 is 37.0. The minimum Gasteiger partial charge on any atom is -0.355 e. The van der Waals surface area contributed by atoms with Gasteiger partial charge in [0.15, 0.2) is 9.84 Å². The second-order valence-corrected chi connectivity index (χ2v) is 8.98. The summed E-state index contributed by atoms with van der Waals surface area (Å²) in [6.07, 6.45) is 0.304. The van der Waals surface area contributed by atoms with Crippen LogP contribution in [0.5, 0.6) is 0 Å². The fourth-order valence-corrected chi connectivity index (χ4v) is 4.23. The molecule has 28 heavy (non-hydrogen) atoms. The third-order valence-corrected chi connectivity index (χ3v) is 6.36. The number of halogens is 1. The number of carbonyl (C=O) groups is 2. The molecule has 0 unspecified atom stereocenters. The molecule has 0 aliphatic carbocycles. The third kappa shape index (κ3) is 7.69. The largest absolute Gasteiger partial charge is 0.355 e. The van der Waals surface area contributed by atoms with E-state index in [0.29, 0.717) is 12.1 Å². The van der Waals surface area contributed by atoms with Gasteiger partial charge in [0.25, 0.3) is 0 Å². The molecule has 2 aromatic carbocycles. The van der Waals surface area contributed by atoms with Crippen LogP contribution in [0.25, 0.3) is 0 Å². The number of sulfone groups is 1. The zero-order valence-electron chi connectivity index (χ0n) is 15.1. The fraction of sp³-hybridized carbons (Fsp3) is 0.263. The number of rotatable bonds is 10. The summed E-state index contributed by atoms with van der Waals surface area (Å²) in [6, 6.07) is 13.6. The first-order valence-corrected chi connectivity index (χ1v) is 11.4. The van der Waals surface area contributed by atoms with Gasteiger partial charge in [-0.1, -0.05) is 18.2 Å². The molecule has 0 saturated carbocycles. The van der Waals surface area contributed by atoms with Gasteiger partial charge in [-0.2, -0.15) is 0 Å². The van der Waals surface area contributed by atoms with Crippen LogP contribution in [0, 0.1) is 5.82 Å². The molecule has 0 spiro atoms. The number of nitrogens with one attached hydrogen (secondary N) is 2. The lowest BCUT2D eigenvalue weighted by atomic mass is 10.3. The molecular formula is C19H21FN2O4S2. The van der Waals surface area contributed by atoms with Gasteiger partial charge in [-0.3, -0.25) is 9.59 Å². The van der Waals surface area contributed by atoms with Gasteiger partial charge in [0.1, 0.15) is 5.82 Å². The Labute approximate surface area is 167 Å². The van der Waals surface area contributed by atoms with Crippen molar-refractivity contribution in [1.29, 1.82) is 0 Å². The minimum atomic E-state index is -3.35. The monoisotopic (exact) mass is 424 g/mol. The first-order chi connectivity index (χ1) is 13.4. The van der Waals surface area contributed by atoms with Crippen LogP contribution in [-0.2, 0) is 19.4 Å². The average molecular weight is 425 g/mol. The van der Waals surface area contributed by atoms with Gasteiger partial charge in [-0.15, -0.1) is 11.8 Å². The Kier molecular flexibility index (Phi) is 8.46. The molecule has 150 valence electrons. The Morgan fingerprint density at radius 3 is 2.25 bits per heavy atom. The maximum Gasteiger partial charge on any atom is 0.234 e. The van der Waals surface area contributed by atoms with Crippen molar-refractivity contribution in [2.24, 2.45) is 0 Å². The Morgan fingerprint density at radius 2 is 1.57 bits per heavy atom. The highest BCUT2D eigenvalue weighted by molar-refractivity contribution is 8.00. The van der Waals surface area contributed by atoms with Crippen LogP contribution in [0.3, 0.4) is 0 Å². The quantitative estimate of drug-likeness (QED) is 0.572. The molecule has 0 aliphatic rings. The van der Waals surface area contributed by atoms with Crippen molar-refractivity contribution in [3.8, 4) is 0 Å². The van der Waals surface area contributed by atoms with Gasteiger partial charge >= 0.3 is 0 Å². The number of anilines is 1. The van der Waals surface area contributed by atoms with Gasteiger partial charge in [0.05, 0.1) is 22.2 Å². The molecular weight excluding hydrogens is 403 g/mol. The van der Waals surface area contributed by atoms with Crippen molar-refractivity contribution in [1.82, 2.24) is 5.32 Å². The van der Waals surface area contributed by atoms with E-state index in [-0.39, 0.29) is 46.3 Å². The molecule has 2 N–H and O–H groups in total. The van der Waals surface area contributed by atoms with Crippen LogP contribution in [0.4, 0.5) is 10.1 Å². The van der Waals surface area contributed by atoms with Crippen molar-refractivity contribution >= 4 is 39.1 Å². The Bertz CT molecular complexity index is 888. The van der Waals surface area contributed by atoms with E-state index >= 15 is 0 Å². The zero-order chi connectivity index (χ0) is 20.4. The van der Waals surface area contributed by atoms with Crippen molar-refractivity contribution in [3.63, 3.8) is 0 Å². The standard InChI is InChI=1S/C19H21FN2O4S2/c20-15-7-9-16(10-8-15)22-19(24)14-27-13-18(23)21-11-4-12-28(25,26)17-5-2-1-3-6-17/h1-3,5-10H,4,11-14H2,(H,21,23)(H,22,24). The molecule has 0 atom stereocenters. The van der Waals surface area contributed by atoms with E-state index in [4.69, 9.17) is 0 Å². The van der Waals surface area contributed by atoms with E-state index in [9.17, 15) is 22.4 Å². The first-order valence-electron chi connectivity index (χ1n) is 8.54. The summed E-state index contributed by atoms with van der Waals surface area (Å²) >= 11 is 1.14. The molecule has 0 saturated heterocycles. The second-order valence-electron chi connectivity index (χ2n) is 5.88. The molecule has 0 aromatic heterocycles. The van der Waals surface area contributed by atoms with E-state index in [2.05, 4.69) is 10.6 Å². The van der Waals surface area contributed by atoms with E-state index < -0.39 is 9.84 Å². The lowest BCUT2D eigenvalue weighted by molar-refractivity contribution is -0.118. The zero-order valence-corrected chi connectivity index (χ0v) is 16.7. The summed E-state index contributed by atoms with van der Waals surface area (Å²) in [5, 5.41) is 5.24. The summed E-state index contributed by atoms with van der Waals surface area (Å²) in [7, 11) is -3.35. The summed E-state index contributed by atoms with van der Waals surface area (Å²) in [4.78, 5) is 23.8. The molecule has 6 nitrogen and oxygen atoms in total. The number of carbonyl (C=O) groups excluding carboxylic acids is 2. The fourth-order valence-electron chi connectivity index (χ4n) is 2.25. The molecule has 0 heterocycles.